The first-order valence-electron chi connectivity index (χ1n) is 9.08. The standard InChI is InChI=1S/C21H18ClNO3S/c22-15-3-6-17-18(10-15)27-20(23-17)26-16-4-1-14(2-5-16)21(7-8-21)19(24)9-13-11-25-12-13/h1-6,10,13H,7-9,11-12H2. The summed E-state index contributed by atoms with van der Waals surface area (Å²) in [6, 6.07) is 13.5. The molecule has 6 heteroatoms. The third kappa shape index (κ3) is 3.24. The molecule has 0 radical (unpaired) electrons. The Morgan fingerprint density at radius 3 is 2.67 bits per heavy atom. The van der Waals surface area contributed by atoms with Crippen LogP contribution in [0.2, 0.25) is 5.02 Å². The minimum atomic E-state index is -0.277. The van der Waals surface area contributed by atoms with Gasteiger partial charge in [-0.3, -0.25) is 4.79 Å². The molecule has 27 heavy (non-hydrogen) atoms. The third-order valence-electron chi connectivity index (χ3n) is 5.41. The molecule has 1 aliphatic heterocycles. The van der Waals surface area contributed by atoms with Crippen LogP contribution < -0.4 is 4.74 Å². The number of nitrogens with zero attached hydrogens (tertiary/aromatic N) is 1. The fourth-order valence-electron chi connectivity index (χ4n) is 3.58. The number of ether oxygens (including phenoxy) is 2. The summed E-state index contributed by atoms with van der Waals surface area (Å²) in [4.78, 5) is 17.2. The van der Waals surface area contributed by atoms with Crippen molar-refractivity contribution in [3.63, 3.8) is 0 Å². The summed E-state index contributed by atoms with van der Waals surface area (Å²) in [5, 5.41) is 1.28. The van der Waals surface area contributed by atoms with Crippen LogP contribution in [-0.2, 0) is 14.9 Å². The van der Waals surface area contributed by atoms with Gasteiger partial charge in [-0.1, -0.05) is 35.1 Å². The van der Waals surface area contributed by atoms with E-state index in [1.165, 1.54) is 11.3 Å². The number of aromatic nitrogens is 1. The molecule has 3 aromatic rings. The second kappa shape index (κ2) is 6.59. The van der Waals surface area contributed by atoms with Crippen LogP contribution in [0.4, 0.5) is 0 Å². The molecule has 1 aromatic heterocycles. The highest BCUT2D eigenvalue weighted by Gasteiger charge is 2.51. The second-order valence-electron chi connectivity index (χ2n) is 7.33. The summed E-state index contributed by atoms with van der Waals surface area (Å²) in [7, 11) is 0. The van der Waals surface area contributed by atoms with Crippen LogP contribution in [0.5, 0.6) is 10.9 Å². The van der Waals surface area contributed by atoms with E-state index in [0.29, 0.717) is 28.3 Å². The lowest BCUT2D eigenvalue weighted by Crippen LogP contribution is -2.33. The Labute approximate surface area is 166 Å². The molecule has 0 amide bonds. The summed E-state index contributed by atoms with van der Waals surface area (Å²) < 4.78 is 12.1. The van der Waals surface area contributed by atoms with Crippen molar-refractivity contribution < 1.29 is 14.3 Å². The van der Waals surface area contributed by atoms with E-state index < -0.39 is 0 Å². The Hall–Kier alpha value is -1.95. The molecule has 0 atom stereocenters. The maximum absolute atomic E-state index is 12.7. The quantitative estimate of drug-likeness (QED) is 0.558. The van der Waals surface area contributed by atoms with E-state index in [4.69, 9.17) is 21.1 Å². The lowest BCUT2D eigenvalue weighted by atomic mass is 9.86. The number of halogens is 1. The average molecular weight is 400 g/mol. The van der Waals surface area contributed by atoms with Crippen LogP contribution in [0.3, 0.4) is 0 Å². The van der Waals surface area contributed by atoms with Crippen LogP contribution in [-0.4, -0.2) is 24.0 Å². The Kier molecular flexibility index (Phi) is 4.19. The number of hydrogen-bond donors (Lipinski definition) is 0. The lowest BCUT2D eigenvalue weighted by Gasteiger charge is -2.27. The number of ketones is 1. The van der Waals surface area contributed by atoms with Gasteiger partial charge in [0.2, 0.25) is 0 Å². The maximum Gasteiger partial charge on any atom is 0.279 e. The van der Waals surface area contributed by atoms with Gasteiger partial charge in [0, 0.05) is 17.4 Å². The number of carbonyl (C=O) groups excluding carboxylic acids is 1. The number of fused-ring (bicyclic) bond motifs is 1. The average Bonchev–Trinajstić information content (AvgIpc) is 3.34. The molecule has 2 aliphatic rings. The number of hydrogen-bond acceptors (Lipinski definition) is 5. The summed E-state index contributed by atoms with van der Waals surface area (Å²) in [6.07, 6.45) is 2.52. The molecular formula is C21H18ClNO3S. The van der Waals surface area contributed by atoms with Crippen molar-refractivity contribution >= 4 is 38.9 Å². The van der Waals surface area contributed by atoms with Crippen LogP contribution in [0, 0.1) is 5.92 Å². The molecular weight excluding hydrogens is 382 g/mol. The zero-order valence-corrected chi connectivity index (χ0v) is 16.2. The van der Waals surface area contributed by atoms with Gasteiger partial charge in [0.05, 0.1) is 28.8 Å². The summed E-state index contributed by atoms with van der Waals surface area (Å²) in [5.41, 5.74) is 1.69. The summed E-state index contributed by atoms with van der Waals surface area (Å²) in [6.45, 7) is 1.45. The fraction of sp³-hybridized carbons (Fsp3) is 0.333. The number of rotatable bonds is 6. The van der Waals surface area contributed by atoms with Gasteiger partial charge in [-0.25, -0.2) is 4.98 Å². The van der Waals surface area contributed by atoms with Crippen molar-refractivity contribution in [2.45, 2.75) is 24.7 Å². The van der Waals surface area contributed by atoms with Gasteiger partial charge in [0.15, 0.2) is 0 Å². The van der Waals surface area contributed by atoms with Crippen molar-refractivity contribution in [2.24, 2.45) is 5.92 Å². The van der Waals surface area contributed by atoms with Crippen LogP contribution >= 0.6 is 22.9 Å². The van der Waals surface area contributed by atoms with Gasteiger partial charge in [-0.2, -0.15) is 0 Å². The van der Waals surface area contributed by atoms with E-state index in [9.17, 15) is 4.79 Å². The van der Waals surface area contributed by atoms with Crippen LogP contribution in [0.15, 0.2) is 42.5 Å². The lowest BCUT2D eigenvalue weighted by molar-refractivity contribution is -0.126. The van der Waals surface area contributed by atoms with Crippen molar-refractivity contribution in [1.82, 2.24) is 4.98 Å². The van der Waals surface area contributed by atoms with E-state index in [0.717, 1.165) is 47.6 Å². The highest BCUT2D eigenvalue weighted by atomic mass is 35.5. The first-order valence-corrected chi connectivity index (χ1v) is 10.3. The number of carbonyl (C=O) groups is 1. The topological polar surface area (TPSA) is 48.4 Å². The normalized spacial score (nSPS) is 18.3. The van der Waals surface area contributed by atoms with E-state index in [1.54, 1.807) is 0 Å². The SMILES string of the molecule is O=C(CC1COC1)C1(c2ccc(Oc3nc4ccc(Cl)cc4s3)cc2)CC1. The predicted molar refractivity (Wildman–Crippen MR) is 106 cm³/mol. The molecule has 138 valence electrons. The molecule has 0 spiro atoms. The smallest absolute Gasteiger partial charge is 0.279 e. The molecule has 4 nitrogen and oxygen atoms in total. The van der Waals surface area contributed by atoms with Crippen LogP contribution in [0.1, 0.15) is 24.8 Å². The van der Waals surface area contributed by atoms with Crippen molar-refractivity contribution in [3.05, 3.63) is 53.1 Å². The third-order valence-corrected chi connectivity index (χ3v) is 6.54. The molecule has 0 unspecified atom stereocenters. The largest absolute Gasteiger partial charge is 0.431 e. The minimum absolute atomic E-state index is 0.277. The minimum Gasteiger partial charge on any atom is -0.431 e. The molecule has 1 saturated carbocycles. The van der Waals surface area contributed by atoms with Crippen molar-refractivity contribution in [2.75, 3.05) is 13.2 Å². The number of benzene rings is 2. The molecule has 0 N–H and O–H groups in total. The predicted octanol–water partition coefficient (Wildman–Crippen LogP) is 5.38. The highest BCUT2D eigenvalue weighted by molar-refractivity contribution is 7.20. The van der Waals surface area contributed by atoms with Crippen molar-refractivity contribution in [3.8, 4) is 10.9 Å². The maximum atomic E-state index is 12.7. The summed E-state index contributed by atoms with van der Waals surface area (Å²) >= 11 is 7.49. The van der Waals surface area contributed by atoms with Gasteiger partial charge in [0.1, 0.15) is 11.5 Å². The number of Topliss-reactive ketones (excluding diaryl/α,β-unsaturated/α-hetero) is 1. The fourth-order valence-corrected chi connectivity index (χ4v) is 4.69. The Morgan fingerprint density at radius 2 is 2.00 bits per heavy atom. The molecule has 2 heterocycles. The second-order valence-corrected chi connectivity index (χ2v) is 8.76. The summed E-state index contributed by atoms with van der Waals surface area (Å²) in [5.74, 6) is 1.48. The zero-order chi connectivity index (χ0) is 18.4. The van der Waals surface area contributed by atoms with Gasteiger partial charge in [-0.15, -0.1) is 0 Å². The van der Waals surface area contributed by atoms with Crippen LogP contribution in [0.25, 0.3) is 10.2 Å². The van der Waals surface area contributed by atoms with E-state index in [2.05, 4.69) is 4.98 Å². The van der Waals surface area contributed by atoms with Crippen molar-refractivity contribution in [1.29, 1.82) is 0 Å². The molecule has 2 aromatic carbocycles. The Balaban J connectivity index is 1.31. The molecule has 5 rings (SSSR count). The van der Waals surface area contributed by atoms with E-state index in [1.807, 2.05) is 42.5 Å². The molecule has 1 saturated heterocycles. The molecule has 1 aliphatic carbocycles. The molecule has 2 fully saturated rings. The van der Waals surface area contributed by atoms with E-state index >= 15 is 0 Å². The van der Waals surface area contributed by atoms with Gasteiger partial charge in [0.25, 0.3) is 5.19 Å². The van der Waals surface area contributed by atoms with Gasteiger partial charge >= 0.3 is 0 Å². The monoisotopic (exact) mass is 399 g/mol. The van der Waals surface area contributed by atoms with E-state index in [-0.39, 0.29) is 5.41 Å². The first-order chi connectivity index (χ1) is 13.1. The molecule has 0 bridgehead atoms. The van der Waals surface area contributed by atoms with Gasteiger partial charge in [-0.05, 0) is 48.7 Å². The first kappa shape index (κ1) is 17.2. The highest BCUT2D eigenvalue weighted by Crippen LogP contribution is 2.50. The van der Waals surface area contributed by atoms with Gasteiger partial charge < -0.3 is 9.47 Å². The number of thiazole rings is 1. The zero-order valence-electron chi connectivity index (χ0n) is 14.6. The Morgan fingerprint density at radius 1 is 1.22 bits per heavy atom. The Bertz CT molecular complexity index is 1010.